The van der Waals surface area contributed by atoms with Crippen LogP contribution in [-0.4, -0.2) is 55.6 Å². The topological polar surface area (TPSA) is 50.3 Å². The molecule has 0 spiro atoms. The van der Waals surface area contributed by atoms with E-state index in [1.54, 1.807) is 18.1 Å². The van der Waals surface area contributed by atoms with Gasteiger partial charge in [-0.3, -0.25) is 0 Å². The van der Waals surface area contributed by atoms with Gasteiger partial charge in [-0.2, -0.15) is 0 Å². The standard InChI is InChI=1S/C11H18N4OS/c1-15(7-9-6-12-3-4-16-9)10-5-11(17-2)14-8-13-10/h5,8-9,12H,3-4,6-7H2,1-2H3. The van der Waals surface area contributed by atoms with E-state index in [1.165, 1.54) is 0 Å². The second kappa shape index (κ2) is 6.18. The predicted molar refractivity (Wildman–Crippen MR) is 69.7 cm³/mol. The van der Waals surface area contributed by atoms with Crippen LogP contribution in [0.25, 0.3) is 0 Å². The first kappa shape index (κ1) is 12.6. The summed E-state index contributed by atoms with van der Waals surface area (Å²) in [6.45, 7) is 3.49. The second-order valence-corrected chi connectivity index (χ2v) is 4.82. The van der Waals surface area contributed by atoms with Gasteiger partial charge >= 0.3 is 0 Å². The average molecular weight is 254 g/mol. The third kappa shape index (κ3) is 3.55. The van der Waals surface area contributed by atoms with Crippen molar-refractivity contribution in [2.75, 3.05) is 44.4 Å². The highest BCUT2D eigenvalue weighted by Crippen LogP contribution is 2.16. The molecule has 1 aromatic rings. The SMILES string of the molecule is CSc1cc(N(C)CC2CNCCO2)ncn1. The molecule has 0 saturated carbocycles. The van der Waals surface area contributed by atoms with Gasteiger partial charge in [-0.25, -0.2) is 9.97 Å². The van der Waals surface area contributed by atoms with E-state index in [-0.39, 0.29) is 6.10 Å². The third-order valence-electron chi connectivity index (χ3n) is 2.71. The molecule has 1 fully saturated rings. The molecule has 2 heterocycles. The molecule has 17 heavy (non-hydrogen) atoms. The Morgan fingerprint density at radius 1 is 1.59 bits per heavy atom. The maximum absolute atomic E-state index is 5.67. The van der Waals surface area contributed by atoms with Gasteiger partial charge in [0.05, 0.1) is 12.7 Å². The number of anilines is 1. The van der Waals surface area contributed by atoms with Crippen LogP contribution < -0.4 is 10.2 Å². The normalized spacial score (nSPS) is 20.2. The average Bonchev–Trinajstić information content (AvgIpc) is 2.40. The molecule has 1 aliphatic heterocycles. The van der Waals surface area contributed by atoms with Crippen molar-refractivity contribution in [2.45, 2.75) is 11.1 Å². The van der Waals surface area contributed by atoms with Crippen molar-refractivity contribution < 1.29 is 4.74 Å². The zero-order chi connectivity index (χ0) is 12.1. The number of rotatable bonds is 4. The minimum Gasteiger partial charge on any atom is -0.374 e. The monoisotopic (exact) mass is 254 g/mol. The Morgan fingerprint density at radius 2 is 2.47 bits per heavy atom. The molecule has 1 atom stereocenters. The van der Waals surface area contributed by atoms with Crippen LogP contribution in [0.1, 0.15) is 0 Å². The first-order chi connectivity index (χ1) is 8.29. The van der Waals surface area contributed by atoms with E-state index >= 15 is 0 Å². The second-order valence-electron chi connectivity index (χ2n) is 4.00. The van der Waals surface area contributed by atoms with Crippen molar-refractivity contribution in [3.05, 3.63) is 12.4 Å². The summed E-state index contributed by atoms with van der Waals surface area (Å²) in [5, 5.41) is 4.32. The van der Waals surface area contributed by atoms with E-state index in [4.69, 9.17) is 4.74 Å². The Kier molecular flexibility index (Phi) is 4.58. The molecule has 0 radical (unpaired) electrons. The van der Waals surface area contributed by atoms with E-state index in [0.717, 1.165) is 37.1 Å². The number of ether oxygens (including phenoxy) is 1. The molecule has 5 nitrogen and oxygen atoms in total. The maximum Gasteiger partial charge on any atom is 0.132 e. The predicted octanol–water partition coefficient (Wildman–Crippen LogP) is 0.623. The lowest BCUT2D eigenvalue weighted by molar-refractivity contribution is 0.0339. The molecule has 0 aromatic carbocycles. The number of hydrogen-bond donors (Lipinski definition) is 1. The summed E-state index contributed by atoms with van der Waals surface area (Å²) in [5.74, 6) is 0.943. The van der Waals surface area contributed by atoms with Crippen LogP contribution in [0, 0.1) is 0 Å². The minimum absolute atomic E-state index is 0.237. The van der Waals surface area contributed by atoms with Gasteiger partial charge in [-0.1, -0.05) is 0 Å². The smallest absolute Gasteiger partial charge is 0.132 e. The maximum atomic E-state index is 5.67. The number of morpholine rings is 1. The summed E-state index contributed by atoms with van der Waals surface area (Å²) in [7, 11) is 2.03. The van der Waals surface area contributed by atoms with Crippen molar-refractivity contribution in [1.82, 2.24) is 15.3 Å². The van der Waals surface area contributed by atoms with Crippen molar-refractivity contribution in [1.29, 1.82) is 0 Å². The molecule has 1 aliphatic rings. The molecule has 0 bridgehead atoms. The van der Waals surface area contributed by atoms with E-state index in [9.17, 15) is 0 Å². The molecule has 2 rings (SSSR count). The van der Waals surface area contributed by atoms with Crippen molar-refractivity contribution >= 4 is 17.6 Å². The number of nitrogens with zero attached hydrogens (tertiary/aromatic N) is 3. The number of nitrogens with one attached hydrogen (secondary N) is 1. The molecule has 6 heteroatoms. The lowest BCUT2D eigenvalue weighted by Gasteiger charge is -2.28. The molecule has 94 valence electrons. The highest BCUT2D eigenvalue weighted by atomic mass is 32.2. The molecule has 0 aliphatic carbocycles. The van der Waals surface area contributed by atoms with Crippen molar-refractivity contribution in [3.8, 4) is 0 Å². The molecule has 1 aromatic heterocycles. The largest absolute Gasteiger partial charge is 0.374 e. The fourth-order valence-corrected chi connectivity index (χ4v) is 2.16. The highest BCUT2D eigenvalue weighted by molar-refractivity contribution is 7.98. The lowest BCUT2D eigenvalue weighted by Crippen LogP contribution is -2.44. The van der Waals surface area contributed by atoms with Crippen molar-refractivity contribution in [3.63, 3.8) is 0 Å². The quantitative estimate of drug-likeness (QED) is 0.628. The minimum atomic E-state index is 0.237. The number of aromatic nitrogens is 2. The van der Waals surface area contributed by atoms with Gasteiger partial charge in [-0.15, -0.1) is 11.8 Å². The molecule has 0 amide bonds. The van der Waals surface area contributed by atoms with Gasteiger partial charge < -0.3 is 15.0 Å². The van der Waals surface area contributed by atoms with Crippen molar-refractivity contribution in [2.24, 2.45) is 0 Å². The molecule has 1 unspecified atom stereocenters. The Balaban J connectivity index is 1.95. The summed E-state index contributed by atoms with van der Waals surface area (Å²) in [6.07, 6.45) is 3.86. The van der Waals surface area contributed by atoms with Crippen LogP contribution in [0.2, 0.25) is 0 Å². The van der Waals surface area contributed by atoms with Crippen LogP contribution in [0.5, 0.6) is 0 Å². The first-order valence-electron chi connectivity index (χ1n) is 5.69. The Labute approximate surface area is 106 Å². The summed E-state index contributed by atoms with van der Waals surface area (Å²) >= 11 is 1.63. The van der Waals surface area contributed by atoms with Crippen LogP contribution >= 0.6 is 11.8 Å². The van der Waals surface area contributed by atoms with E-state index in [0.29, 0.717) is 0 Å². The summed E-state index contributed by atoms with van der Waals surface area (Å²) in [4.78, 5) is 10.6. The number of thioether (sulfide) groups is 1. The van der Waals surface area contributed by atoms with Crippen LogP contribution in [0.15, 0.2) is 17.4 Å². The number of hydrogen-bond acceptors (Lipinski definition) is 6. The highest BCUT2D eigenvalue weighted by Gasteiger charge is 2.16. The molecular weight excluding hydrogens is 236 g/mol. The molecule has 1 N–H and O–H groups in total. The Bertz CT molecular complexity index is 357. The Morgan fingerprint density at radius 3 is 3.18 bits per heavy atom. The molecule has 1 saturated heterocycles. The summed E-state index contributed by atoms with van der Waals surface area (Å²) in [6, 6.07) is 2.00. The fraction of sp³-hybridized carbons (Fsp3) is 0.636. The lowest BCUT2D eigenvalue weighted by atomic mass is 10.3. The van der Waals surface area contributed by atoms with Crippen LogP contribution in [-0.2, 0) is 4.74 Å². The Hall–Kier alpha value is -0.850. The number of likely N-dealkylation sites (N-methyl/N-ethyl adjacent to an activating group) is 1. The van der Waals surface area contributed by atoms with E-state index < -0.39 is 0 Å². The van der Waals surface area contributed by atoms with E-state index in [1.807, 2.05) is 19.4 Å². The van der Waals surface area contributed by atoms with Crippen LogP contribution in [0.4, 0.5) is 5.82 Å². The van der Waals surface area contributed by atoms with E-state index in [2.05, 4.69) is 20.2 Å². The van der Waals surface area contributed by atoms with Gasteiger partial charge in [0.15, 0.2) is 0 Å². The van der Waals surface area contributed by atoms with Gasteiger partial charge in [-0.05, 0) is 6.26 Å². The molecular formula is C11H18N4OS. The summed E-state index contributed by atoms with van der Waals surface area (Å²) in [5.41, 5.74) is 0. The zero-order valence-corrected chi connectivity index (χ0v) is 11.0. The van der Waals surface area contributed by atoms with Gasteiger partial charge in [0, 0.05) is 32.7 Å². The van der Waals surface area contributed by atoms with Gasteiger partial charge in [0.2, 0.25) is 0 Å². The van der Waals surface area contributed by atoms with Gasteiger partial charge in [0.25, 0.3) is 0 Å². The zero-order valence-electron chi connectivity index (χ0n) is 10.2. The fourth-order valence-electron chi connectivity index (χ4n) is 1.79. The first-order valence-corrected chi connectivity index (χ1v) is 6.91. The van der Waals surface area contributed by atoms with Crippen LogP contribution in [0.3, 0.4) is 0 Å². The van der Waals surface area contributed by atoms with Gasteiger partial charge in [0.1, 0.15) is 17.2 Å². The third-order valence-corrected chi connectivity index (χ3v) is 3.35. The summed E-state index contributed by atoms with van der Waals surface area (Å²) < 4.78 is 5.67.